The van der Waals surface area contributed by atoms with Gasteiger partial charge in [-0.05, 0) is 18.6 Å². The molecule has 0 spiro atoms. The molecule has 16 heavy (non-hydrogen) atoms. The molecule has 0 saturated heterocycles. The van der Waals surface area contributed by atoms with Crippen molar-refractivity contribution >= 4 is 10.0 Å². The number of primary sulfonamides is 1. The van der Waals surface area contributed by atoms with E-state index in [1.165, 1.54) is 0 Å². The van der Waals surface area contributed by atoms with E-state index in [9.17, 15) is 8.42 Å². The van der Waals surface area contributed by atoms with Crippen molar-refractivity contribution in [1.82, 2.24) is 20.2 Å². The minimum Gasteiger partial charge on any atom is -0.264 e. The molecule has 0 aliphatic heterocycles. The number of H-pyrrole nitrogens is 1. The Morgan fingerprint density at radius 3 is 2.69 bits per heavy atom. The van der Waals surface area contributed by atoms with Crippen molar-refractivity contribution in [2.45, 2.75) is 12.1 Å². The number of nitrogens with one attached hydrogen (secondary N) is 1. The van der Waals surface area contributed by atoms with E-state index in [1.807, 2.05) is 6.92 Å². The first kappa shape index (κ1) is 10.7. The summed E-state index contributed by atoms with van der Waals surface area (Å²) in [6, 6.07) is 1.79. The molecule has 84 valence electrons. The number of hydrogen-bond acceptors (Lipinski definition) is 5. The van der Waals surface area contributed by atoms with Crippen LogP contribution in [0.1, 0.15) is 5.56 Å². The number of aromatic amines is 1. The lowest BCUT2D eigenvalue weighted by molar-refractivity contribution is 0.589. The molecule has 0 saturated carbocycles. The van der Waals surface area contributed by atoms with E-state index in [1.54, 1.807) is 18.5 Å². The van der Waals surface area contributed by atoms with Crippen LogP contribution in [-0.4, -0.2) is 28.6 Å². The van der Waals surface area contributed by atoms with Crippen LogP contribution in [0.25, 0.3) is 11.4 Å². The Bertz CT molecular complexity index is 619. The van der Waals surface area contributed by atoms with Gasteiger partial charge in [0.05, 0.1) is 0 Å². The minimum absolute atomic E-state index is 0.250. The maximum atomic E-state index is 11.0. The molecular weight excluding hydrogens is 230 g/mol. The summed E-state index contributed by atoms with van der Waals surface area (Å²) in [6.45, 7) is 1.86. The van der Waals surface area contributed by atoms with Gasteiger partial charge in [0.2, 0.25) is 0 Å². The first-order chi connectivity index (χ1) is 7.47. The zero-order chi connectivity index (χ0) is 11.8. The van der Waals surface area contributed by atoms with E-state index in [0.717, 1.165) is 5.56 Å². The molecule has 0 aliphatic rings. The van der Waals surface area contributed by atoms with Crippen molar-refractivity contribution in [1.29, 1.82) is 0 Å². The zero-order valence-corrected chi connectivity index (χ0v) is 9.19. The molecule has 7 nitrogen and oxygen atoms in total. The van der Waals surface area contributed by atoms with Gasteiger partial charge in [0.15, 0.2) is 5.82 Å². The van der Waals surface area contributed by atoms with Crippen molar-refractivity contribution < 1.29 is 8.42 Å². The summed E-state index contributed by atoms with van der Waals surface area (Å²) in [5, 5.41) is 10.6. The second kappa shape index (κ2) is 3.65. The van der Waals surface area contributed by atoms with Crippen LogP contribution in [0.3, 0.4) is 0 Å². The molecule has 0 aliphatic carbocycles. The third-order valence-electron chi connectivity index (χ3n) is 1.87. The lowest BCUT2D eigenvalue weighted by Gasteiger charge is -1.95. The van der Waals surface area contributed by atoms with E-state index in [2.05, 4.69) is 20.2 Å². The van der Waals surface area contributed by atoms with Crippen LogP contribution in [0.15, 0.2) is 23.6 Å². The van der Waals surface area contributed by atoms with Crippen LogP contribution >= 0.6 is 0 Å². The predicted molar refractivity (Wildman–Crippen MR) is 55.7 cm³/mol. The van der Waals surface area contributed by atoms with Crippen molar-refractivity contribution in [3.8, 4) is 11.4 Å². The number of hydrogen-bond donors (Lipinski definition) is 2. The van der Waals surface area contributed by atoms with Crippen LogP contribution < -0.4 is 5.14 Å². The molecule has 8 heteroatoms. The molecule has 3 N–H and O–H groups in total. The molecule has 0 bridgehead atoms. The summed E-state index contributed by atoms with van der Waals surface area (Å²) in [5.41, 5.74) is 1.56. The number of nitrogens with two attached hydrogens (primary N) is 1. The van der Waals surface area contributed by atoms with Crippen LogP contribution in [0.4, 0.5) is 0 Å². The van der Waals surface area contributed by atoms with Gasteiger partial charge in [-0.2, -0.15) is 10.1 Å². The Hall–Kier alpha value is -1.80. The summed E-state index contributed by atoms with van der Waals surface area (Å²) in [7, 11) is -3.85. The van der Waals surface area contributed by atoms with Gasteiger partial charge in [-0.1, -0.05) is 0 Å². The lowest BCUT2D eigenvalue weighted by Crippen LogP contribution is -2.13. The number of nitrogens with zero attached hydrogens (tertiary/aromatic N) is 3. The molecule has 0 unspecified atom stereocenters. The second-order valence-corrected chi connectivity index (χ2v) is 4.74. The Morgan fingerprint density at radius 2 is 2.12 bits per heavy atom. The molecule has 0 fully saturated rings. The monoisotopic (exact) mass is 239 g/mol. The summed E-state index contributed by atoms with van der Waals surface area (Å²) in [5.74, 6) is 0.250. The molecule has 0 amide bonds. The second-order valence-electron chi connectivity index (χ2n) is 3.26. The smallest absolute Gasteiger partial charge is 0.264 e. The standard InChI is InChI=1S/C8H9N5O2S/c1-5-2-6(4-10-3-5)7-11-8(13-12-7)16(9,14)15/h2-4H,1H3,(H2,9,14,15)(H,11,12,13). The summed E-state index contributed by atoms with van der Waals surface area (Å²) in [6.07, 6.45) is 3.22. The number of aryl methyl sites for hydroxylation is 1. The Kier molecular flexibility index (Phi) is 2.44. The van der Waals surface area contributed by atoms with Gasteiger partial charge in [0.25, 0.3) is 15.2 Å². The third kappa shape index (κ3) is 2.07. The highest BCUT2D eigenvalue weighted by Crippen LogP contribution is 2.15. The fraction of sp³-hybridized carbons (Fsp3) is 0.125. The highest BCUT2D eigenvalue weighted by atomic mass is 32.2. The van der Waals surface area contributed by atoms with E-state index in [-0.39, 0.29) is 11.0 Å². The number of pyridine rings is 1. The first-order valence-electron chi connectivity index (χ1n) is 4.34. The lowest BCUT2D eigenvalue weighted by atomic mass is 10.2. The highest BCUT2D eigenvalue weighted by molar-refractivity contribution is 7.89. The SMILES string of the molecule is Cc1cncc(-c2n[nH]c(S(N)(=O)=O)n2)c1. The predicted octanol–water partition coefficient (Wildman–Crippen LogP) is -0.177. The summed E-state index contributed by atoms with van der Waals surface area (Å²) in [4.78, 5) is 7.73. The molecule has 0 radical (unpaired) electrons. The van der Waals surface area contributed by atoms with Gasteiger partial charge in [-0.15, -0.1) is 0 Å². The van der Waals surface area contributed by atoms with Gasteiger partial charge in [-0.3, -0.25) is 4.98 Å². The fourth-order valence-corrected chi connectivity index (χ4v) is 1.57. The van der Waals surface area contributed by atoms with Crippen molar-refractivity contribution in [2.75, 3.05) is 0 Å². The first-order valence-corrected chi connectivity index (χ1v) is 5.89. The summed E-state index contributed by atoms with van der Waals surface area (Å²) >= 11 is 0. The molecule has 2 aromatic heterocycles. The molecule has 2 rings (SSSR count). The largest absolute Gasteiger partial charge is 0.273 e. The topological polar surface area (TPSA) is 115 Å². The van der Waals surface area contributed by atoms with Crippen LogP contribution in [0.5, 0.6) is 0 Å². The highest BCUT2D eigenvalue weighted by Gasteiger charge is 2.14. The summed E-state index contributed by atoms with van der Waals surface area (Å²) < 4.78 is 21.9. The van der Waals surface area contributed by atoms with E-state index >= 15 is 0 Å². The molecule has 2 heterocycles. The maximum absolute atomic E-state index is 11.0. The molecular formula is C8H9N5O2S. The van der Waals surface area contributed by atoms with E-state index in [0.29, 0.717) is 5.56 Å². The van der Waals surface area contributed by atoms with Crippen molar-refractivity contribution in [3.05, 3.63) is 24.0 Å². The normalized spacial score (nSPS) is 11.6. The van der Waals surface area contributed by atoms with Crippen LogP contribution in [-0.2, 0) is 10.0 Å². The van der Waals surface area contributed by atoms with Gasteiger partial charge in [0.1, 0.15) is 0 Å². The molecule has 0 atom stereocenters. The van der Waals surface area contributed by atoms with Crippen molar-refractivity contribution in [2.24, 2.45) is 5.14 Å². The van der Waals surface area contributed by atoms with E-state index in [4.69, 9.17) is 5.14 Å². The maximum Gasteiger partial charge on any atom is 0.273 e. The quantitative estimate of drug-likeness (QED) is 0.754. The third-order valence-corrected chi connectivity index (χ3v) is 2.59. The van der Waals surface area contributed by atoms with Gasteiger partial charge in [0, 0.05) is 18.0 Å². The van der Waals surface area contributed by atoms with E-state index < -0.39 is 10.0 Å². The van der Waals surface area contributed by atoms with Gasteiger partial charge in [-0.25, -0.2) is 18.7 Å². The fourth-order valence-electron chi connectivity index (χ4n) is 1.18. The molecule has 0 aromatic carbocycles. The Morgan fingerprint density at radius 1 is 1.38 bits per heavy atom. The average Bonchev–Trinajstić information content (AvgIpc) is 2.65. The van der Waals surface area contributed by atoms with Crippen LogP contribution in [0, 0.1) is 6.92 Å². The Labute approximate surface area is 91.8 Å². The molecule has 2 aromatic rings. The van der Waals surface area contributed by atoms with Crippen molar-refractivity contribution in [3.63, 3.8) is 0 Å². The average molecular weight is 239 g/mol. The zero-order valence-electron chi connectivity index (χ0n) is 8.38. The number of aromatic nitrogens is 4. The van der Waals surface area contributed by atoms with Gasteiger partial charge >= 0.3 is 0 Å². The van der Waals surface area contributed by atoms with Crippen LogP contribution in [0.2, 0.25) is 0 Å². The number of sulfonamides is 1. The number of rotatable bonds is 2. The minimum atomic E-state index is -3.85. The Balaban J connectivity index is 2.47. The van der Waals surface area contributed by atoms with Gasteiger partial charge < -0.3 is 0 Å².